The molecule has 0 bridgehead atoms. The second-order valence-electron chi connectivity index (χ2n) is 5.19. The fourth-order valence-corrected chi connectivity index (χ4v) is 2.16. The molecule has 1 N–H and O–H groups in total. The van der Waals surface area contributed by atoms with E-state index in [9.17, 15) is 0 Å². The van der Waals surface area contributed by atoms with Gasteiger partial charge in [-0.15, -0.1) is 12.5 Å². The van der Waals surface area contributed by atoms with Crippen LogP contribution in [0.4, 0.5) is 0 Å². The Morgan fingerprint density at radius 2 is 1.81 bits per heavy atom. The van der Waals surface area contributed by atoms with Crippen LogP contribution in [0.15, 0.2) is 4.99 Å². The van der Waals surface area contributed by atoms with Crippen LogP contribution < -0.4 is 5.32 Å². The summed E-state index contributed by atoms with van der Waals surface area (Å²) in [6, 6.07) is 1.15. The van der Waals surface area contributed by atoms with Gasteiger partial charge in [0, 0.05) is 5.54 Å². The minimum atomic E-state index is 0. The fraction of sp³-hybridized carbons (Fsp3) is 0.667. The van der Waals surface area contributed by atoms with Gasteiger partial charge in [-0.2, -0.15) is 5.41 Å². The van der Waals surface area contributed by atoms with Crippen molar-refractivity contribution in [1.82, 2.24) is 5.32 Å². The normalized spacial score (nSPS) is 27.2. The molecular weight excluding hydrogens is 696 g/mol. The number of nitrogens with one attached hydrogen (secondary N) is 1. The molecule has 114 valence electrons. The van der Waals surface area contributed by atoms with Crippen molar-refractivity contribution in [1.29, 1.82) is 0 Å². The molecule has 0 saturated carbocycles. The van der Waals surface area contributed by atoms with Gasteiger partial charge < -0.3 is 24.7 Å². The largest absolute Gasteiger partial charge is 0.448 e. The standard InChI is InChI=1S/C11H20N2.CH3.2Lr/c1-9-6-10(2,3)7-11(4,5)13-8-12-9;;;/h8H,2,6-7H2,1,3-5H3,(H,12,13);1H3;;/q-2;-1;;. The first kappa shape index (κ1) is 19.0. The predicted molar refractivity (Wildman–Crippen MR) is 63.7 cm³/mol. The van der Waals surface area contributed by atoms with Crippen molar-refractivity contribution in [3.63, 3.8) is 0 Å². The average molecular weight is 719 g/mol. The molecule has 0 aliphatic carbocycles. The van der Waals surface area contributed by atoms with E-state index in [4.69, 9.17) is 0 Å². The Kier molecular flexibility index (Phi) is 6.27. The quantitative estimate of drug-likeness (QED) is 0.383. The Balaban J connectivity index is -0.000000563. The molecule has 0 aromatic carbocycles. The van der Waals surface area contributed by atoms with Crippen LogP contribution in [0.3, 0.4) is 0 Å². The smallest absolute Gasteiger partial charge is 0.0146 e. The summed E-state index contributed by atoms with van der Waals surface area (Å²) >= 11 is 0. The van der Waals surface area contributed by atoms with E-state index >= 15 is 0 Å². The van der Waals surface area contributed by atoms with E-state index in [0.29, 0.717) is 0 Å². The molecule has 0 aromatic rings. The van der Waals surface area contributed by atoms with Crippen LogP contribution in [0.5, 0.6) is 0 Å². The van der Waals surface area contributed by atoms with Gasteiger partial charge in [-0.25, -0.2) is 0 Å². The van der Waals surface area contributed by atoms with Crippen LogP contribution in [-0.2, 0) is 0 Å². The van der Waals surface area contributed by atoms with Crippen molar-refractivity contribution < 1.29 is 0 Å². The third-order valence-corrected chi connectivity index (χ3v) is 2.29. The van der Waals surface area contributed by atoms with Gasteiger partial charge >= 0.3 is 0 Å². The van der Waals surface area contributed by atoms with Gasteiger partial charge in [0.1, 0.15) is 0 Å². The van der Waals surface area contributed by atoms with Crippen LogP contribution >= 0.6 is 0 Å². The van der Waals surface area contributed by atoms with Crippen LogP contribution in [-0.4, -0.2) is 11.9 Å². The van der Waals surface area contributed by atoms with Gasteiger partial charge in [-0.3, -0.25) is 0 Å². The fourth-order valence-electron chi connectivity index (χ4n) is 2.16. The number of rotatable bonds is 0. The molecule has 0 fully saturated rings. The van der Waals surface area contributed by atoms with E-state index in [0.717, 1.165) is 18.9 Å². The van der Waals surface area contributed by atoms with Crippen molar-refractivity contribution in [3.05, 3.63) is 20.4 Å². The van der Waals surface area contributed by atoms with Gasteiger partial charge in [0.15, 0.2) is 0 Å². The Hall–Kier alpha value is -2.66. The summed E-state index contributed by atoms with van der Waals surface area (Å²) in [6.07, 6.45) is 3.85. The van der Waals surface area contributed by atoms with Gasteiger partial charge in [-0.05, 0) is 13.8 Å². The van der Waals surface area contributed by atoms with E-state index in [1.807, 2.05) is 6.34 Å². The van der Waals surface area contributed by atoms with E-state index in [1.165, 1.54) is 0 Å². The zero-order chi connectivity index (χ0) is 10.1. The van der Waals surface area contributed by atoms with Crippen molar-refractivity contribution in [2.24, 2.45) is 10.4 Å². The Labute approximate surface area is 89.2 Å². The molecule has 0 saturated heterocycles. The van der Waals surface area contributed by atoms with Gasteiger partial charge in [-0.1, -0.05) is 26.6 Å². The second kappa shape index (κ2) is 5.28. The first-order chi connectivity index (χ1) is 5.81. The summed E-state index contributed by atoms with van der Waals surface area (Å²) in [6.45, 7) is 12.9. The average Bonchev–Trinajstić information content (AvgIpc) is 1.78. The van der Waals surface area contributed by atoms with E-state index in [2.05, 4.69) is 44.9 Å². The number of nitrogens with zero attached hydrogens (tertiary/aromatic N) is 1. The maximum absolute atomic E-state index is 4.32. The summed E-state index contributed by atoms with van der Waals surface area (Å²) in [5, 5.41) is 3.29. The Morgan fingerprint density at radius 1 is 1.31 bits per heavy atom. The zero-order valence-corrected chi connectivity index (χ0v) is 15.0. The SMILES string of the molecule is [CH2-]C1(C)C[C-](C)N=CNC(C)(C)C1.[CH3-].[Lr].[Lr]. The molecule has 1 atom stereocenters. The van der Waals surface area contributed by atoms with Crippen molar-refractivity contribution >= 4 is 6.34 Å². The summed E-state index contributed by atoms with van der Waals surface area (Å²) < 4.78 is 0. The molecule has 1 rings (SSSR count). The van der Waals surface area contributed by atoms with E-state index in [-0.39, 0.29) is 18.4 Å². The minimum absolute atomic E-state index is 0. The molecular formula is C12H23Lr2N2-3. The summed E-state index contributed by atoms with van der Waals surface area (Å²) in [5.41, 5.74) is 0.193. The van der Waals surface area contributed by atoms with E-state index < -0.39 is 0 Å². The summed E-state index contributed by atoms with van der Waals surface area (Å²) in [5.74, 6) is 0. The van der Waals surface area contributed by atoms with Crippen LogP contribution in [0.25, 0.3) is 0 Å². The first-order valence-corrected chi connectivity index (χ1v) is 4.79. The summed E-state index contributed by atoms with van der Waals surface area (Å²) in [7, 11) is 0. The molecule has 0 amide bonds. The summed E-state index contributed by atoms with van der Waals surface area (Å²) in [4.78, 5) is 4.32. The van der Waals surface area contributed by atoms with Crippen LogP contribution in [0, 0.1) is 25.8 Å². The van der Waals surface area contributed by atoms with Crippen LogP contribution in [0.1, 0.15) is 40.5 Å². The second-order valence-corrected chi connectivity index (χ2v) is 5.19. The molecule has 16 heavy (non-hydrogen) atoms. The van der Waals surface area contributed by atoms with Crippen molar-refractivity contribution in [2.75, 3.05) is 0 Å². The first-order valence-electron chi connectivity index (χ1n) is 4.79. The van der Waals surface area contributed by atoms with Gasteiger partial charge in [0.25, 0.3) is 0 Å². The molecule has 0 spiro atoms. The van der Waals surface area contributed by atoms with Crippen LogP contribution in [0.2, 0.25) is 0 Å². The van der Waals surface area contributed by atoms with Gasteiger partial charge in [0.05, 0.1) is 0 Å². The molecule has 1 aliphatic rings. The maximum atomic E-state index is 4.32. The number of aliphatic imine (C=N–C) groups is 1. The third kappa shape index (κ3) is 5.15. The molecule has 4 heteroatoms. The Morgan fingerprint density at radius 3 is 2.31 bits per heavy atom. The zero-order valence-electron chi connectivity index (χ0n) is 10.7. The molecule has 1 heterocycles. The third-order valence-electron chi connectivity index (χ3n) is 2.29. The molecule has 0 aromatic heterocycles. The van der Waals surface area contributed by atoms with E-state index in [1.54, 1.807) is 0 Å². The maximum Gasteiger partial charge on any atom is 0.0146 e. The van der Waals surface area contributed by atoms with Gasteiger partial charge in [0.2, 0.25) is 0 Å². The molecule has 1 unspecified atom stereocenters. The monoisotopic (exact) mass is 719 g/mol. The molecule has 2 radical (unpaired) electrons. The predicted octanol–water partition coefficient (Wildman–Crippen LogP) is 3.02. The van der Waals surface area contributed by atoms with Crippen molar-refractivity contribution in [3.8, 4) is 0 Å². The minimum Gasteiger partial charge on any atom is -0.448 e. The van der Waals surface area contributed by atoms with Crippen molar-refractivity contribution in [2.45, 2.75) is 46.1 Å². The molecule has 2 nitrogen and oxygen atoms in total. The number of hydrogen-bond acceptors (Lipinski definition) is 2. The molecule has 1 aliphatic heterocycles. The number of hydrogen-bond donors (Lipinski definition) is 1. The topological polar surface area (TPSA) is 24.4 Å². The Bertz CT molecular complexity index is 213.